The first-order chi connectivity index (χ1) is 29.5. The molecule has 0 N–H and O–H groups in total. The van der Waals surface area contributed by atoms with Gasteiger partial charge in [-0.25, -0.2) is 4.39 Å². The molecule has 0 fully saturated rings. The maximum atomic E-state index is 16.4. The van der Waals surface area contributed by atoms with Gasteiger partial charge in [0, 0.05) is 16.8 Å². The molecule has 0 aliphatic carbocycles. The van der Waals surface area contributed by atoms with E-state index in [0.29, 0.717) is 0 Å². The molecule has 1 nitrogen and oxygen atoms in total. The molecule has 0 heterocycles. The molecule has 9 aromatic rings. The molecule has 0 unspecified atom stereocenters. The first kappa shape index (κ1) is 38.0. The molecule has 9 aromatic carbocycles. The highest BCUT2D eigenvalue weighted by atomic mass is 19.1. The fourth-order valence-electron chi connectivity index (χ4n) is 8.01. The predicted octanol–water partition coefficient (Wildman–Crippen LogP) is 15.9. The Morgan fingerprint density at radius 1 is 0.400 bits per heavy atom. The molecule has 60 heavy (non-hydrogen) atoms. The van der Waals surface area contributed by atoms with E-state index in [1.807, 2.05) is 36.4 Å². The molecule has 0 saturated heterocycles. The summed E-state index contributed by atoms with van der Waals surface area (Å²) in [7, 11) is 0. The van der Waals surface area contributed by atoms with Gasteiger partial charge in [-0.15, -0.1) is 0 Å². The van der Waals surface area contributed by atoms with Crippen molar-refractivity contribution in [1.82, 2.24) is 0 Å². The van der Waals surface area contributed by atoms with Crippen LogP contribution in [0.1, 0.15) is 44.5 Å². The highest BCUT2D eigenvalue weighted by Gasteiger charge is 2.20. The largest absolute Gasteiger partial charge is 0.310 e. The number of anilines is 3. The van der Waals surface area contributed by atoms with Crippen molar-refractivity contribution in [3.63, 3.8) is 0 Å². The highest BCUT2D eigenvalue weighted by Crippen LogP contribution is 2.43. The second kappa shape index (κ2) is 17.1. The van der Waals surface area contributed by atoms with Crippen LogP contribution in [0.2, 0.25) is 0 Å². The van der Waals surface area contributed by atoms with Crippen molar-refractivity contribution in [1.29, 1.82) is 0 Å². The van der Waals surface area contributed by atoms with E-state index in [0.717, 1.165) is 83.5 Å². The normalized spacial score (nSPS) is 10.9. The Hall–Kier alpha value is -7.55. The monoisotopic (exact) mass is 773 g/mol. The zero-order valence-electron chi connectivity index (χ0n) is 33.8. The van der Waals surface area contributed by atoms with Gasteiger partial charge in [-0.05, 0) is 130 Å². The summed E-state index contributed by atoms with van der Waals surface area (Å²) in [6.07, 6.45) is 4.48. The second-order valence-corrected chi connectivity index (χ2v) is 15.3. The summed E-state index contributed by atoms with van der Waals surface area (Å²) in [4.78, 5) is 2.20. The van der Waals surface area contributed by atoms with Gasteiger partial charge in [0.05, 0.1) is 5.69 Å². The van der Waals surface area contributed by atoms with E-state index in [2.05, 4.69) is 201 Å². The van der Waals surface area contributed by atoms with Gasteiger partial charge in [0.25, 0.3) is 0 Å². The average Bonchev–Trinajstić information content (AvgIpc) is 3.29. The van der Waals surface area contributed by atoms with Crippen molar-refractivity contribution < 1.29 is 4.39 Å². The van der Waals surface area contributed by atoms with Gasteiger partial charge >= 0.3 is 0 Å². The summed E-state index contributed by atoms with van der Waals surface area (Å²) in [6, 6.07) is 75.4. The maximum Gasteiger partial charge on any atom is 0.125 e. The van der Waals surface area contributed by atoms with Gasteiger partial charge in [-0.2, -0.15) is 0 Å². The first-order valence-corrected chi connectivity index (χ1v) is 20.4. The van der Waals surface area contributed by atoms with E-state index in [4.69, 9.17) is 0 Å². The number of fused-ring (bicyclic) bond motifs is 1. The van der Waals surface area contributed by atoms with Crippen molar-refractivity contribution in [3.05, 3.63) is 269 Å². The number of aryl methyl sites for hydroxylation is 2. The lowest BCUT2D eigenvalue weighted by Gasteiger charge is -2.28. The van der Waals surface area contributed by atoms with Crippen molar-refractivity contribution in [2.75, 3.05) is 4.90 Å². The van der Waals surface area contributed by atoms with Crippen LogP contribution in [0.5, 0.6) is 0 Å². The lowest BCUT2D eigenvalue weighted by atomic mass is 9.92. The quantitative estimate of drug-likeness (QED) is 0.125. The minimum Gasteiger partial charge on any atom is -0.310 e. The molecule has 0 radical (unpaired) electrons. The lowest BCUT2D eigenvalue weighted by molar-refractivity contribution is 0.630. The number of hydrogen-bond donors (Lipinski definition) is 0. The second-order valence-electron chi connectivity index (χ2n) is 15.3. The Morgan fingerprint density at radius 2 is 0.917 bits per heavy atom. The zero-order valence-corrected chi connectivity index (χ0v) is 33.8. The summed E-state index contributed by atoms with van der Waals surface area (Å²) in [5.41, 5.74) is 15.8. The third kappa shape index (κ3) is 8.23. The third-order valence-corrected chi connectivity index (χ3v) is 11.0. The summed E-state index contributed by atoms with van der Waals surface area (Å²) in [5, 5.41) is 1.77. The van der Waals surface area contributed by atoms with Gasteiger partial charge in [-0.1, -0.05) is 187 Å². The lowest BCUT2D eigenvalue weighted by Crippen LogP contribution is -2.11. The summed E-state index contributed by atoms with van der Waals surface area (Å²) in [5.74, 6) is -0.305. The molecule has 0 aromatic heterocycles. The molecule has 0 bridgehead atoms. The topological polar surface area (TPSA) is 3.24 Å². The molecular formula is C58H44FN. The zero-order chi connectivity index (χ0) is 40.8. The summed E-state index contributed by atoms with van der Waals surface area (Å²) in [6.45, 7) is 4.24. The number of hydrogen-bond acceptors (Lipinski definition) is 1. The van der Waals surface area contributed by atoms with Crippen LogP contribution in [0.15, 0.2) is 218 Å². The van der Waals surface area contributed by atoms with Crippen molar-refractivity contribution in [2.24, 2.45) is 0 Å². The highest BCUT2D eigenvalue weighted by molar-refractivity contribution is 6.06. The van der Waals surface area contributed by atoms with Crippen molar-refractivity contribution in [2.45, 2.75) is 13.8 Å². The Kier molecular flexibility index (Phi) is 10.8. The van der Waals surface area contributed by atoms with Gasteiger partial charge in [0.2, 0.25) is 0 Å². The van der Waals surface area contributed by atoms with Crippen LogP contribution >= 0.6 is 0 Å². The average molecular weight is 774 g/mol. The Balaban J connectivity index is 1.28. The Morgan fingerprint density at radius 3 is 1.50 bits per heavy atom. The molecule has 0 atom stereocenters. The van der Waals surface area contributed by atoms with Crippen molar-refractivity contribution >= 4 is 51.1 Å². The SMILES string of the molecule is Cc1ccc(C(=Cc2cc(-c3ccccc3)cc(N(c3ccccc3)c3cc(F)cc4c(C=C(c5ccccc5)c5ccccc5)cccc34)c2)c2ccc(C)cc2)cc1. The van der Waals surface area contributed by atoms with Crippen LogP contribution in [0.25, 0.3) is 45.2 Å². The molecule has 0 spiro atoms. The summed E-state index contributed by atoms with van der Waals surface area (Å²) < 4.78 is 16.4. The minimum atomic E-state index is -0.305. The number of halogens is 1. The molecule has 2 heteroatoms. The van der Waals surface area contributed by atoms with Crippen LogP contribution in [-0.4, -0.2) is 0 Å². The smallest absolute Gasteiger partial charge is 0.125 e. The van der Waals surface area contributed by atoms with E-state index in [1.165, 1.54) is 11.1 Å². The molecule has 9 rings (SSSR count). The van der Waals surface area contributed by atoms with Crippen LogP contribution in [0.4, 0.5) is 21.5 Å². The molecule has 0 amide bonds. The Labute approximate surface area is 352 Å². The first-order valence-electron chi connectivity index (χ1n) is 20.4. The molecule has 0 aliphatic rings. The van der Waals surface area contributed by atoms with Gasteiger partial charge < -0.3 is 4.90 Å². The van der Waals surface area contributed by atoms with Crippen LogP contribution in [0.3, 0.4) is 0 Å². The fourth-order valence-corrected chi connectivity index (χ4v) is 8.01. The van der Waals surface area contributed by atoms with Crippen molar-refractivity contribution in [3.8, 4) is 11.1 Å². The van der Waals surface area contributed by atoms with E-state index in [-0.39, 0.29) is 5.82 Å². The number of rotatable bonds is 10. The predicted molar refractivity (Wildman–Crippen MR) is 253 cm³/mol. The molecule has 288 valence electrons. The van der Waals surface area contributed by atoms with Crippen LogP contribution < -0.4 is 4.90 Å². The van der Waals surface area contributed by atoms with E-state index >= 15 is 4.39 Å². The summed E-state index contributed by atoms with van der Waals surface area (Å²) >= 11 is 0. The van der Waals surface area contributed by atoms with Crippen LogP contribution in [0, 0.1) is 19.7 Å². The maximum absolute atomic E-state index is 16.4. The number of nitrogens with zero attached hydrogens (tertiary/aromatic N) is 1. The minimum absolute atomic E-state index is 0.305. The molecule has 0 aliphatic heterocycles. The van der Waals surface area contributed by atoms with E-state index in [9.17, 15) is 0 Å². The molecule has 0 saturated carbocycles. The third-order valence-electron chi connectivity index (χ3n) is 11.0. The van der Waals surface area contributed by atoms with E-state index < -0.39 is 0 Å². The van der Waals surface area contributed by atoms with E-state index in [1.54, 1.807) is 12.1 Å². The standard InChI is InChI=1S/C58H44FN/c1-41-26-30-47(31-27-41)55(48-32-28-42(2)29-33-48)36-43-34-50(44-16-7-3-8-17-44)37-53(35-43)60(52-23-13-6-14-24-52)58-40-51(59)39-57-49(22-15-25-54(57)58)38-56(45-18-9-4-10-19-45)46-20-11-5-12-21-46/h3-40H,1-2H3. The fraction of sp³-hybridized carbons (Fsp3) is 0.0345. The van der Waals surface area contributed by atoms with Crippen LogP contribution in [-0.2, 0) is 0 Å². The molecular weight excluding hydrogens is 730 g/mol. The number of para-hydroxylation sites is 1. The Bertz CT molecular complexity index is 2860. The number of benzene rings is 9. The van der Waals surface area contributed by atoms with Gasteiger partial charge in [-0.3, -0.25) is 0 Å². The van der Waals surface area contributed by atoms with Gasteiger partial charge in [0.15, 0.2) is 0 Å². The van der Waals surface area contributed by atoms with Gasteiger partial charge in [0.1, 0.15) is 5.82 Å².